The monoisotopic (exact) mass is 330 g/mol. The van der Waals surface area contributed by atoms with Gasteiger partial charge in [0.15, 0.2) is 0 Å². The summed E-state index contributed by atoms with van der Waals surface area (Å²) in [5.41, 5.74) is 3.08. The molecule has 0 bridgehead atoms. The van der Waals surface area contributed by atoms with Gasteiger partial charge in [-0.1, -0.05) is 0 Å². The molecule has 0 radical (unpaired) electrons. The number of thiazole rings is 1. The fraction of sp³-hybridized carbons (Fsp3) is 0.385. The molecule has 2 aromatic rings. The zero-order chi connectivity index (χ0) is 13.1. The first-order chi connectivity index (χ1) is 8.65. The van der Waals surface area contributed by atoms with E-state index in [1.165, 1.54) is 0 Å². The van der Waals surface area contributed by atoms with E-state index >= 15 is 0 Å². The van der Waals surface area contributed by atoms with Crippen LogP contribution in [0.5, 0.6) is 0 Å². The number of carbonyl (C=O) groups excluding carboxylic acids is 1. The van der Waals surface area contributed by atoms with Gasteiger partial charge in [-0.15, -0.1) is 0 Å². The van der Waals surface area contributed by atoms with E-state index in [4.69, 9.17) is 5.11 Å². The molecule has 0 aliphatic carbocycles. The summed E-state index contributed by atoms with van der Waals surface area (Å²) in [5, 5.41) is 8.99. The van der Waals surface area contributed by atoms with Crippen LogP contribution in [0.25, 0.3) is 0 Å². The summed E-state index contributed by atoms with van der Waals surface area (Å²) in [6.45, 7) is 4.11. The van der Waals surface area contributed by atoms with Gasteiger partial charge < -0.3 is 0 Å². The third-order valence-corrected chi connectivity index (χ3v) is 5.97. The van der Waals surface area contributed by atoms with Crippen molar-refractivity contribution >= 4 is 31.6 Å². The van der Waals surface area contributed by atoms with Crippen LogP contribution < -0.4 is 4.57 Å². The fourth-order valence-electron chi connectivity index (χ4n) is 1.90. The molecule has 5 heteroatoms. The van der Waals surface area contributed by atoms with Crippen molar-refractivity contribution in [2.45, 2.75) is 26.3 Å². The average Bonchev–Trinajstić information content (AvgIpc) is 2.99. The predicted octanol–water partition coefficient (Wildman–Crippen LogP) is 1.38. The van der Waals surface area contributed by atoms with Crippen LogP contribution in [0.4, 0.5) is 0 Å². The Morgan fingerprint density at radius 2 is 2.39 bits per heavy atom. The van der Waals surface area contributed by atoms with Gasteiger partial charge >= 0.3 is 117 Å². The number of rotatable bonds is 5. The van der Waals surface area contributed by atoms with Gasteiger partial charge in [0.05, 0.1) is 0 Å². The molecule has 0 saturated carbocycles. The van der Waals surface area contributed by atoms with Crippen molar-refractivity contribution in [2.75, 3.05) is 6.61 Å². The van der Waals surface area contributed by atoms with Crippen LogP contribution in [0.1, 0.15) is 32.8 Å². The van der Waals surface area contributed by atoms with Crippen molar-refractivity contribution in [3.8, 4) is 0 Å². The van der Waals surface area contributed by atoms with E-state index in [-0.39, 0.29) is 32.9 Å². The molecule has 2 rings (SSSR count). The molecule has 0 fully saturated rings. The number of nitrogens with zero attached hydrogens (tertiary/aromatic N) is 1. The molecule has 0 amide bonds. The SMILES string of the molecule is Cc1c(CCO)sc[n+]1C(C)C(=O)c1ccc[se]1. The van der Waals surface area contributed by atoms with Crippen LogP contribution in [0.3, 0.4) is 0 Å². The second-order valence-electron chi connectivity index (χ2n) is 4.13. The number of aromatic nitrogens is 1. The van der Waals surface area contributed by atoms with E-state index in [0.717, 1.165) is 15.0 Å². The predicted molar refractivity (Wildman–Crippen MR) is 72.5 cm³/mol. The molecule has 96 valence electrons. The molecule has 2 heterocycles. The van der Waals surface area contributed by atoms with Gasteiger partial charge in [-0.25, -0.2) is 0 Å². The van der Waals surface area contributed by atoms with Gasteiger partial charge in [0.1, 0.15) is 0 Å². The molecular formula is C13H16NO2SSe+. The second kappa shape index (κ2) is 5.93. The molecule has 0 aliphatic heterocycles. The number of ketones is 1. The summed E-state index contributed by atoms with van der Waals surface area (Å²) in [4.78, 5) is 15.5. The van der Waals surface area contributed by atoms with Crippen molar-refractivity contribution in [1.82, 2.24) is 0 Å². The van der Waals surface area contributed by atoms with E-state index in [1.807, 2.05) is 36.1 Å². The van der Waals surface area contributed by atoms with E-state index < -0.39 is 0 Å². The Kier molecular flexibility index (Phi) is 4.51. The molecular weight excluding hydrogens is 313 g/mol. The Morgan fingerprint density at radius 1 is 1.61 bits per heavy atom. The molecule has 0 aromatic carbocycles. The average molecular weight is 329 g/mol. The summed E-state index contributed by atoms with van der Waals surface area (Å²) < 4.78 is 2.96. The molecule has 2 aromatic heterocycles. The van der Waals surface area contributed by atoms with Crippen LogP contribution in [0.2, 0.25) is 0 Å². The Labute approximate surface area is 116 Å². The zero-order valence-corrected chi connectivity index (χ0v) is 12.9. The van der Waals surface area contributed by atoms with Crippen LogP contribution in [-0.4, -0.2) is 32.0 Å². The molecule has 1 unspecified atom stereocenters. The first-order valence-corrected chi connectivity index (χ1v) is 8.54. The summed E-state index contributed by atoms with van der Waals surface area (Å²) in [6.07, 6.45) is 0.665. The molecule has 18 heavy (non-hydrogen) atoms. The number of aliphatic hydroxyl groups is 1. The molecule has 1 atom stereocenters. The van der Waals surface area contributed by atoms with Crippen molar-refractivity contribution in [3.05, 3.63) is 37.6 Å². The summed E-state index contributed by atoms with van der Waals surface area (Å²) in [5.74, 6) is 0.210. The standard InChI is InChI=1S/C13H16NO2SSe/c1-9-11(5-6-15)17-8-14(9)10(2)13(16)12-4-3-7-18-12/h3-4,7-8,10,15H,5-6H2,1-2H3/q+1. The minimum absolute atomic E-state index is 0.151. The van der Waals surface area contributed by atoms with Crippen LogP contribution in [0, 0.1) is 6.92 Å². The van der Waals surface area contributed by atoms with Gasteiger partial charge in [-0.2, -0.15) is 0 Å². The van der Waals surface area contributed by atoms with Crippen LogP contribution in [-0.2, 0) is 6.42 Å². The minimum atomic E-state index is -0.151. The maximum atomic E-state index is 12.3. The Balaban J connectivity index is 2.23. The first kappa shape index (κ1) is 13.7. The van der Waals surface area contributed by atoms with Crippen molar-refractivity contribution in [3.63, 3.8) is 0 Å². The van der Waals surface area contributed by atoms with Gasteiger partial charge in [0.2, 0.25) is 0 Å². The first-order valence-electron chi connectivity index (χ1n) is 5.81. The Hall–Kier alpha value is -0.741. The molecule has 3 nitrogen and oxygen atoms in total. The summed E-state index contributed by atoms with van der Waals surface area (Å²) in [6, 6.07) is 3.74. The van der Waals surface area contributed by atoms with E-state index in [2.05, 4.69) is 4.94 Å². The topological polar surface area (TPSA) is 41.2 Å². The normalized spacial score (nSPS) is 12.6. The quantitative estimate of drug-likeness (QED) is 0.512. The van der Waals surface area contributed by atoms with Crippen LogP contribution >= 0.6 is 11.3 Å². The summed E-state index contributed by atoms with van der Waals surface area (Å²) in [7, 11) is 0. The maximum absolute atomic E-state index is 12.3. The number of aliphatic hydroxyl groups excluding tert-OH is 1. The van der Waals surface area contributed by atoms with Crippen molar-refractivity contribution < 1.29 is 14.5 Å². The number of Topliss-reactive ketones (excluding diaryl/α,β-unsaturated/α-hetero) is 1. The van der Waals surface area contributed by atoms with Crippen molar-refractivity contribution in [1.29, 1.82) is 0 Å². The molecule has 1 N–H and O–H groups in total. The number of carbonyl (C=O) groups is 1. The Bertz CT molecular complexity index is 533. The van der Waals surface area contributed by atoms with Gasteiger partial charge in [0, 0.05) is 0 Å². The fourth-order valence-corrected chi connectivity index (χ4v) is 4.54. The third-order valence-electron chi connectivity index (χ3n) is 3.00. The molecule has 0 aliphatic rings. The van der Waals surface area contributed by atoms with Gasteiger partial charge in [0.25, 0.3) is 0 Å². The van der Waals surface area contributed by atoms with Crippen molar-refractivity contribution in [2.24, 2.45) is 0 Å². The number of hydrogen-bond acceptors (Lipinski definition) is 3. The van der Waals surface area contributed by atoms with E-state index in [9.17, 15) is 4.79 Å². The van der Waals surface area contributed by atoms with Gasteiger partial charge in [-0.05, 0) is 0 Å². The van der Waals surface area contributed by atoms with Gasteiger partial charge in [-0.3, -0.25) is 0 Å². The zero-order valence-electron chi connectivity index (χ0n) is 10.4. The van der Waals surface area contributed by atoms with E-state index in [0.29, 0.717) is 6.42 Å². The number of hydrogen-bond donors (Lipinski definition) is 1. The molecule has 0 saturated heterocycles. The molecule has 0 spiro atoms. The van der Waals surface area contributed by atoms with E-state index in [1.54, 1.807) is 11.3 Å². The second-order valence-corrected chi connectivity index (χ2v) is 7.06. The van der Waals surface area contributed by atoms with Crippen LogP contribution in [0.15, 0.2) is 22.6 Å². The third kappa shape index (κ3) is 2.64. The Morgan fingerprint density at radius 3 is 3.00 bits per heavy atom. The summed E-state index contributed by atoms with van der Waals surface area (Å²) >= 11 is 1.81.